The summed E-state index contributed by atoms with van der Waals surface area (Å²) in [5.74, 6) is 0. The normalized spacial score (nSPS) is 13.2. The van der Waals surface area contributed by atoms with Crippen molar-refractivity contribution in [1.82, 2.24) is 4.57 Å². The molecule has 88 valence electrons. The summed E-state index contributed by atoms with van der Waals surface area (Å²) in [7, 11) is 0. The fraction of sp³-hybridized carbons (Fsp3) is 0.267. The maximum absolute atomic E-state index is 11.9. The Balaban J connectivity index is 2.55. The summed E-state index contributed by atoms with van der Waals surface area (Å²) in [6.07, 6.45) is 2.37. The predicted molar refractivity (Wildman–Crippen MR) is 70.8 cm³/mol. The fourth-order valence-electron chi connectivity index (χ4n) is 1.80. The molecule has 1 atom stereocenters. The van der Waals surface area contributed by atoms with Gasteiger partial charge in [0.25, 0.3) is 5.56 Å². The van der Waals surface area contributed by atoms with Gasteiger partial charge in [0, 0.05) is 19.3 Å². The van der Waals surface area contributed by atoms with Crippen LogP contribution in [0.2, 0.25) is 0 Å². The minimum atomic E-state index is -0.328. The van der Waals surface area contributed by atoms with Gasteiger partial charge in [-0.05, 0) is 36.1 Å². The number of hydrogen-bond donors (Lipinski definition) is 0. The van der Waals surface area contributed by atoms with Crippen LogP contribution in [-0.2, 0) is 12.8 Å². The first-order valence-corrected chi connectivity index (χ1v) is 5.86. The highest BCUT2D eigenvalue weighted by molar-refractivity contribution is 5.37. The Kier molecular flexibility index (Phi) is 3.04. The molecule has 0 bridgehead atoms. The van der Waals surface area contributed by atoms with Crippen LogP contribution in [0.25, 0.3) is 5.69 Å². The van der Waals surface area contributed by atoms with Crippen LogP contribution < -0.4 is 5.56 Å². The molecule has 0 fully saturated rings. The molecular weight excluding hydrogens is 210 g/mol. The van der Waals surface area contributed by atoms with Crippen molar-refractivity contribution in [1.29, 1.82) is 0 Å². The van der Waals surface area contributed by atoms with Crippen LogP contribution >= 0.6 is 0 Å². The molecule has 0 aliphatic rings. The van der Waals surface area contributed by atoms with E-state index in [0.29, 0.717) is 0 Å². The van der Waals surface area contributed by atoms with Gasteiger partial charge in [0.2, 0.25) is 0 Å². The van der Waals surface area contributed by atoms with E-state index in [1.807, 2.05) is 24.3 Å². The number of aryl methyl sites for hydroxylation is 2. The predicted octanol–water partition coefficient (Wildman–Crippen LogP) is 2.96. The van der Waals surface area contributed by atoms with E-state index in [9.17, 15) is 4.79 Å². The fourth-order valence-corrected chi connectivity index (χ4v) is 1.80. The van der Waals surface area contributed by atoms with Crippen LogP contribution in [0.5, 0.6) is 0 Å². The number of aromatic nitrogens is 1. The Morgan fingerprint density at radius 1 is 1.18 bits per heavy atom. The average molecular weight is 228 g/mol. The number of hydrogen-bond acceptors (Lipinski definition) is 1. The molecule has 0 amide bonds. The Hall–Kier alpha value is -1.83. The van der Waals surface area contributed by atoms with E-state index in [1.165, 1.54) is 11.6 Å². The van der Waals surface area contributed by atoms with Crippen molar-refractivity contribution < 1.29 is 1.37 Å². The lowest BCUT2D eigenvalue weighted by Crippen LogP contribution is -2.17. The van der Waals surface area contributed by atoms with Gasteiger partial charge in [0.05, 0.1) is 0 Å². The van der Waals surface area contributed by atoms with Crippen molar-refractivity contribution in [2.45, 2.75) is 26.7 Å². The van der Waals surface area contributed by atoms with E-state index in [0.717, 1.165) is 17.7 Å². The highest BCUT2D eigenvalue weighted by Gasteiger charge is 2.01. The number of nitrogens with zero attached hydrogens (tertiary/aromatic N) is 1. The molecule has 0 radical (unpaired) electrons. The van der Waals surface area contributed by atoms with Crippen LogP contribution in [0.3, 0.4) is 0 Å². The largest absolute Gasteiger partial charge is 0.284 e. The van der Waals surface area contributed by atoms with Gasteiger partial charge in [-0.25, -0.2) is 0 Å². The monoisotopic (exact) mass is 228 g/mol. The van der Waals surface area contributed by atoms with E-state index in [2.05, 4.69) is 6.92 Å². The smallest absolute Gasteiger partial charge is 0.255 e. The van der Waals surface area contributed by atoms with Gasteiger partial charge < -0.3 is 0 Å². The van der Waals surface area contributed by atoms with Gasteiger partial charge in [-0.3, -0.25) is 9.36 Å². The molecule has 0 saturated heterocycles. The van der Waals surface area contributed by atoms with E-state index >= 15 is 0 Å². The second kappa shape index (κ2) is 5.00. The standard InChI is InChI=1S/C15H17NO/c1-3-12-6-5-7-14(10-12)16-11-13(4-2)8-9-15(16)17/h5-11H,3-4H2,1-2H3/i4D. The Bertz CT molecular complexity index is 601. The van der Waals surface area contributed by atoms with E-state index in [-0.39, 0.29) is 12.0 Å². The molecule has 0 saturated carbocycles. The van der Waals surface area contributed by atoms with Gasteiger partial charge in [-0.15, -0.1) is 0 Å². The van der Waals surface area contributed by atoms with Crippen molar-refractivity contribution in [3.05, 3.63) is 64.1 Å². The van der Waals surface area contributed by atoms with Crippen molar-refractivity contribution in [2.24, 2.45) is 0 Å². The maximum Gasteiger partial charge on any atom is 0.255 e. The topological polar surface area (TPSA) is 22.0 Å². The first kappa shape index (κ1) is 10.3. The van der Waals surface area contributed by atoms with Crippen molar-refractivity contribution in [2.75, 3.05) is 0 Å². The molecule has 2 heteroatoms. The van der Waals surface area contributed by atoms with Gasteiger partial charge in [0.15, 0.2) is 0 Å². The summed E-state index contributed by atoms with van der Waals surface area (Å²) in [5.41, 5.74) is 2.84. The van der Waals surface area contributed by atoms with Crippen LogP contribution in [-0.4, -0.2) is 4.57 Å². The quantitative estimate of drug-likeness (QED) is 0.791. The first-order chi connectivity index (χ1) is 8.61. The van der Waals surface area contributed by atoms with Crippen LogP contribution in [0.1, 0.15) is 26.3 Å². The van der Waals surface area contributed by atoms with Gasteiger partial charge in [0.1, 0.15) is 0 Å². The van der Waals surface area contributed by atoms with Crippen LogP contribution in [0.15, 0.2) is 47.4 Å². The van der Waals surface area contributed by atoms with Gasteiger partial charge >= 0.3 is 0 Å². The lowest BCUT2D eigenvalue weighted by atomic mass is 10.1. The van der Waals surface area contributed by atoms with Crippen molar-refractivity contribution >= 4 is 0 Å². The molecule has 2 nitrogen and oxygen atoms in total. The van der Waals surface area contributed by atoms with E-state index in [4.69, 9.17) is 1.37 Å². The average Bonchev–Trinajstić information content (AvgIpc) is 2.39. The molecule has 2 rings (SSSR count). The summed E-state index contributed by atoms with van der Waals surface area (Å²) in [6, 6.07) is 11.2. The molecule has 17 heavy (non-hydrogen) atoms. The molecular formula is C15H17NO. The Morgan fingerprint density at radius 3 is 2.71 bits per heavy atom. The van der Waals surface area contributed by atoms with Crippen molar-refractivity contribution in [3.63, 3.8) is 0 Å². The second-order valence-electron chi connectivity index (χ2n) is 3.98. The SMILES string of the molecule is [2H]C(C)c1ccc(=O)n(-c2cccc(CC)c2)c1. The second-order valence-corrected chi connectivity index (χ2v) is 3.98. The number of rotatable bonds is 3. The molecule has 1 aromatic carbocycles. The summed E-state index contributed by atoms with van der Waals surface area (Å²) in [4.78, 5) is 11.9. The van der Waals surface area contributed by atoms with E-state index in [1.54, 1.807) is 23.8 Å². The summed E-state index contributed by atoms with van der Waals surface area (Å²) in [6.45, 7) is 3.89. The zero-order valence-electron chi connectivity index (χ0n) is 11.2. The first-order valence-electron chi connectivity index (χ1n) is 6.43. The Morgan fingerprint density at radius 2 is 2.00 bits per heavy atom. The zero-order chi connectivity index (χ0) is 13.1. The molecule has 1 unspecified atom stereocenters. The third kappa shape index (κ3) is 2.47. The molecule has 0 N–H and O–H groups in total. The molecule has 1 heterocycles. The summed E-state index contributed by atoms with van der Waals surface area (Å²) in [5, 5.41) is 0. The molecule has 2 aromatic rings. The minimum absolute atomic E-state index is 0.0624. The molecule has 1 aromatic heterocycles. The lowest BCUT2D eigenvalue weighted by molar-refractivity contribution is 0.947. The summed E-state index contributed by atoms with van der Waals surface area (Å²) < 4.78 is 9.32. The Labute approximate surface area is 103 Å². The maximum atomic E-state index is 11.9. The third-order valence-corrected chi connectivity index (χ3v) is 2.86. The highest BCUT2D eigenvalue weighted by Crippen LogP contribution is 2.10. The van der Waals surface area contributed by atoms with Gasteiger partial charge in [-0.1, -0.05) is 32.0 Å². The highest BCUT2D eigenvalue weighted by atomic mass is 16.1. The minimum Gasteiger partial charge on any atom is -0.284 e. The zero-order valence-corrected chi connectivity index (χ0v) is 10.2. The number of pyridine rings is 1. The van der Waals surface area contributed by atoms with Crippen LogP contribution in [0.4, 0.5) is 0 Å². The third-order valence-electron chi connectivity index (χ3n) is 2.86. The molecule has 0 aliphatic carbocycles. The van der Waals surface area contributed by atoms with E-state index < -0.39 is 0 Å². The van der Waals surface area contributed by atoms with Crippen molar-refractivity contribution in [3.8, 4) is 5.69 Å². The lowest BCUT2D eigenvalue weighted by Gasteiger charge is -2.08. The van der Waals surface area contributed by atoms with Gasteiger partial charge in [-0.2, -0.15) is 0 Å². The molecule has 0 aliphatic heterocycles. The molecule has 0 spiro atoms. The summed E-state index contributed by atoms with van der Waals surface area (Å²) >= 11 is 0. The number of benzene rings is 1. The van der Waals surface area contributed by atoms with Crippen LogP contribution in [0, 0.1) is 0 Å².